The van der Waals surface area contributed by atoms with Crippen molar-refractivity contribution in [2.75, 3.05) is 5.32 Å². The van der Waals surface area contributed by atoms with E-state index in [0.717, 1.165) is 28.3 Å². The van der Waals surface area contributed by atoms with Gasteiger partial charge in [0.15, 0.2) is 17.2 Å². The predicted molar refractivity (Wildman–Crippen MR) is 119 cm³/mol. The fraction of sp³-hybridized carbons (Fsp3) is 0.240. The van der Waals surface area contributed by atoms with Crippen LogP contribution in [0.15, 0.2) is 67.1 Å². The minimum absolute atomic E-state index is 0.244. The number of hydrogen-bond acceptors (Lipinski definition) is 4. The fourth-order valence-corrected chi connectivity index (χ4v) is 3.68. The minimum atomic E-state index is 0.244. The normalized spacial score (nSPS) is 13.5. The second-order valence-corrected chi connectivity index (χ2v) is 8.10. The van der Waals surface area contributed by atoms with Crippen molar-refractivity contribution in [1.29, 1.82) is 0 Å². The van der Waals surface area contributed by atoms with Crippen LogP contribution in [0.1, 0.15) is 40.7 Å². The highest BCUT2D eigenvalue weighted by molar-refractivity contribution is 5.96. The number of ketones is 1. The number of benzene rings is 2. The molecule has 4 aromatic rings. The zero-order valence-electron chi connectivity index (χ0n) is 17.0. The van der Waals surface area contributed by atoms with Gasteiger partial charge in [-0.05, 0) is 31.2 Å². The van der Waals surface area contributed by atoms with E-state index in [1.165, 1.54) is 24.0 Å². The van der Waals surface area contributed by atoms with Crippen LogP contribution >= 0.6 is 0 Å². The molecule has 0 radical (unpaired) electrons. The van der Waals surface area contributed by atoms with Gasteiger partial charge in [-0.1, -0.05) is 54.1 Å². The average Bonchev–Trinajstić information content (AvgIpc) is 3.48. The molecule has 1 aliphatic rings. The maximum atomic E-state index is 12.3. The second kappa shape index (κ2) is 7.75. The lowest BCUT2D eigenvalue weighted by Gasteiger charge is -2.08. The van der Waals surface area contributed by atoms with Crippen LogP contribution in [0.3, 0.4) is 0 Å². The van der Waals surface area contributed by atoms with Crippen LogP contribution in [-0.2, 0) is 6.54 Å². The van der Waals surface area contributed by atoms with Crippen molar-refractivity contribution in [2.45, 2.75) is 32.7 Å². The number of Topliss-reactive ketones (excluding diaryl/α,β-unsaturated/α-hetero) is 1. The Morgan fingerprint density at radius 1 is 1.07 bits per heavy atom. The van der Waals surface area contributed by atoms with Crippen molar-refractivity contribution in [3.05, 3.63) is 83.8 Å². The van der Waals surface area contributed by atoms with Crippen LogP contribution in [0, 0.1) is 12.8 Å². The Kier molecular flexibility index (Phi) is 4.79. The minimum Gasteiger partial charge on any atom is -0.363 e. The van der Waals surface area contributed by atoms with Crippen LogP contribution in [0.4, 0.5) is 5.82 Å². The van der Waals surface area contributed by atoms with Crippen molar-refractivity contribution in [1.82, 2.24) is 14.4 Å². The number of nitrogens with one attached hydrogen (secondary N) is 1. The number of fused-ring (bicyclic) bond motifs is 1. The summed E-state index contributed by atoms with van der Waals surface area (Å²) in [6.45, 7) is 2.77. The van der Waals surface area contributed by atoms with Crippen LogP contribution < -0.4 is 5.32 Å². The van der Waals surface area contributed by atoms with E-state index < -0.39 is 0 Å². The first kappa shape index (κ1) is 18.6. The van der Waals surface area contributed by atoms with Crippen LogP contribution in [0.5, 0.6) is 0 Å². The first-order valence-corrected chi connectivity index (χ1v) is 10.4. The number of hydrogen-bond donors (Lipinski definition) is 1. The summed E-state index contributed by atoms with van der Waals surface area (Å²) in [7, 11) is 0. The molecule has 5 heteroatoms. The van der Waals surface area contributed by atoms with E-state index in [0.29, 0.717) is 18.9 Å². The maximum Gasteiger partial charge on any atom is 0.180 e. The van der Waals surface area contributed by atoms with E-state index >= 15 is 0 Å². The Hall–Kier alpha value is -3.47. The Labute approximate surface area is 175 Å². The van der Waals surface area contributed by atoms with Gasteiger partial charge in [0, 0.05) is 36.5 Å². The van der Waals surface area contributed by atoms with Gasteiger partial charge in [0.1, 0.15) is 0 Å². The van der Waals surface area contributed by atoms with Gasteiger partial charge in [-0.25, -0.2) is 9.97 Å². The molecule has 150 valence electrons. The van der Waals surface area contributed by atoms with Crippen LogP contribution in [0.25, 0.3) is 16.9 Å². The second-order valence-electron chi connectivity index (χ2n) is 8.10. The van der Waals surface area contributed by atoms with Crippen LogP contribution in [-0.4, -0.2) is 20.2 Å². The summed E-state index contributed by atoms with van der Waals surface area (Å²) in [5.41, 5.74) is 6.03. The maximum absolute atomic E-state index is 12.3. The third-order valence-electron chi connectivity index (χ3n) is 5.68. The zero-order valence-corrected chi connectivity index (χ0v) is 17.0. The van der Waals surface area contributed by atoms with Gasteiger partial charge in [0.25, 0.3) is 0 Å². The van der Waals surface area contributed by atoms with Crippen molar-refractivity contribution in [2.24, 2.45) is 5.92 Å². The van der Waals surface area contributed by atoms with E-state index in [9.17, 15) is 4.79 Å². The monoisotopic (exact) mass is 396 g/mol. The molecule has 2 heterocycles. The molecule has 0 bridgehead atoms. The molecule has 0 unspecified atom stereocenters. The number of nitrogens with zero attached hydrogens (tertiary/aromatic N) is 3. The fourth-order valence-electron chi connectivity index (χ4n) is 3.68. The highest BCUT2D eigenvalue weighted by Crippen LogP contribution is 2.33. The third kappa shape index (κ3) is 3.83. The molecule has 0 saturated heterocycles. The summed E-state index contributed by atoms with van der Waals surface area (Å²) in [4.78, 5) is 21.4. The van der Waals surface area contributed by atoms with Gasteiger partial charge in [-0.2, -0.15) is 0 Å². The third-order valence-corrected chi connectivity index (χ3v) is 5.68. The van der Waals surface area contributed by atoms with Gasteiger partial charge in [0.05, 0.1) is 11.9 Å². The predicted octanol–water partition coefficient (Wildman–Crippen LogP) is 5.30. The number of aryl methyl sites for hydroxylation is 1. The number of aromatic nitrogens is 3. The summed E-state index contributed by atoms with van der Waals surface area (Å²) in [6, 6.07) is 16.3. The van der Waals surface area contributed by atoms with Gasteiger partial charge >= 0.3 is 0 Å². The Balaban J connectivity index is 1.37. The van der Waals surface area contributed by atoms with E-state index in [4.69, 9.17) is 0 Å². The molecule has 1 fully saturated rings. The lowest BCUT2D eigenvalue weighted by Crippen LogP contribution is -2.04. The van der Waals surface area contributed by atoms with E-state index in [2.05, 4.69) is 46.5 Å². The molecule has 2 aromatic heterocycles. The Bertz CT molecular complexity index is 1190. The molecule has 0 amide bonds. The molecular weight excluding hydrogens is 372 g/mol. The topological polar surface area (TPSA) is 59.3 Å². The van der Waals surface area contributed by atoms with Crippen molar-refractivity contribution in [3.63, 3.8) is 0 Å². The Morgan fingerprint density at radius 2 is 1.83 bits per heavy atom. The molecule has 1 aliphatic carbocycles. The molecule has 0 aliphatic heterocycles. The first-order chi connectivity index (χ1) is 14.7. The van der Waals surface area contributed by atoms with Crippen molar-refractivity contribution in [3.8, 4) is 11.3 Å². The summed E-state index contributed by atoms with van der Waals surface area (Å²) in [5.74, 6) is 1.60. The molecule has 0 spiro atoms. The van der Waals surface area contributed by atoms with Gasteiger partial charge in [-0.15, -0.1) is 0 Å². The first-order valence-electron chi connectivity index (χ1n) is 10.4. The van der Waals surface area contributed by atoms with Crippen LogP contribution in [0.2, 0.25) is 0 Å². The largest absolute Gasteiger partial charge is 0.363 e. The molecule has 0 atom stereocenters. The molecule has 5 rings (SSSR count). The number of carbonyl (C=O) groups excluding carboxylic acids is 1. The molecule has 5 nitrogen and oxygen atoms in total. The smallest absolute Gasteiger partial charge is 0.180 e. The molecule has 30 heavy (non-hydrogen) atoms. The molecule has 2 aromatic carbocycles. The summed E-state index contributed by atoms with van der Waals surface area (Å²) in [5, 5.41) is 3.40. The highest BCUT2D eigenvalue weighted by Gasteiger charge is 2.24. The summed E-state index contributed by atoms with van der Waals surface area (Å²) >= 11 is 0. The highest BCUT2D eigenvalue weighted by atomic mass is 16.1. The van der Waals surface area contributed by atoms with Gasteiger partial charge in [0.2, 0.25) is 0 Å². The lowest BCUT2D eigenvalue weighted by molar-refractivity contribution is 0.0976. The quantitative estimate of drug-likeness (QED) is 0.431. The van der Waals surface area contributed by atoms with Crippen molar-refractivity contribution < 1.29 is 4.79 Å². The number of rotatable bonds is 7. The lowest BCUT2D eigenvalue weighted by atomic mass is 10.0. The zero-order chi connectivity index (χ0) is 20.5. The SMILES string of the molecule is Cc1ccc(CNc2nccn3c(-c4ccc(C(=O)CC5CC5)cc4)cnc23)cc1. The number of imidazole rings is 1. The molecule has 1 N–H and O–H groups in total. The number of carbonyl (C=O) groups is 1. The van der Waals surface area contributed by atoms with E-state index in [1.54, 1.807) is 6.20 Å². The molecule has 1 saturated carbocycles. The van der Waals surface area contributed by atoms with Crippen molar-refractivity contribution >= 4 is 17.2 Å². The summed E-state index contributed by atoms with van der Waals surface area (Å²) in [6.07, 6.45) is 8.62. The average molecular weight is 396 g/mol. The molecular formula is C25H24N4O. The summed E-state index contributed by atoms with van der Waals surface area (Å²) < 4.78 is 2.03. The standard InChI is InChI=1S/C25H24N4O/c1-17-2-4-19(5-3-17)15-27-24-25-28-16-22(29(25)13-12-26-24)20-8-10-21(11-9-20)23(30)14-18-6-7-18/h2-5,8-13,16,18H,6-7,14-15H2,1H3,(H,26,27). The van der Waals surface area contributed by atoms with Gasteiger partial charge in [-0.3, -0.25) is 9.20 Å². The Morgan fingerprint density at radius 3 is 2.57 bits per heavy atom. The van der Waals surface area contributed by atoms with E-state index in [1.807, 2.05) is 41.1 Å². The van der Waals surface area contributed by atoms with Gasteiger partial charge < -0.3 is 5.32 Å². The van der Waals surface area contributed by atoms with E-state index in [-0.39, 0.29) is 5.78 Å². The number of anilines is 1.